The number of aromatic amines is 1. The molecule has 0 aliphatic heterocycles. The minimum absolute atomic E-state index is 0.0336. The summed E-state index contributed by atoms with van der Waals surface area (Å²) in [5.74, 6) is 0. The van der Waals surface area contributed by atoms with Gasteiger partial charge < -0.3 is 10.1 Å². The Morgan fingerprint density at radius 1 is 1.58 bits per heavy atom. The Kier molecular flexibility index (Phi) is 2.54. The van der Waals surface area contributed by atoms with E-state index in [4.69, 9.17) is 5.11 Å². The predicted octanol–water partition coefficient (Wildman–Crippen LogP) is 0.805. The number of aliphatic hydroxyl groups is 1. The minimum Gasteiger partial charge on any atom is -0.392 e. The van der Waals surface area contributed by atoms with Crippen LogP contribution in [-0.4, -0.2) is 10.1 Å². The van der Waals surface area contributed by atoms with Gasteiger partial charge in [0.05, 0.1) is 12.2 Å². The maximum Gasteiger partial charge on any atom is 0.269 e. The first kappa shape index (κ1) is 8.86. The third-order valence-corrected chi connectivity index (χ3v) is 1.48. The number of pyridine rings is 1. The standard InChI is InChI=1S/C7H7F2NO2/c8-6(9)5-4(3-11)1-2-10-7(5)12/h1-2,6,11H,3H2,(H,10,12). The molecule has 0 aliphatic rings. The van der Waals surface area contributed by atoms with E-state index in [1.807, 2.05) is 0 Å². The first-order valence-electron chi connectivity index (χ1n) is 3.26. The number of aromatic nitrogens is 1. The van der Waals surface area contributed by atoms with Crippen LogP contribution in [0.2, 0.25) is 0 Å². The van der Waals surface area contributed by atoms with Gasteiger partial charge in [-0.3, -0.25) is 4.79 Å². The Balaban J connectivity index is 3.30. The van der Waals surface area contributed by atoms with E-state index in [0.29, 0.717) is 0 Å². The molecular formula is C7H7F2NO2. The lowest BCUT2D eigenvalue weighted by atomic mass is 10.1. The van der Waals surface area contributed by atoms with Gasteiger partial charge in [0.1, 0.15) is 0 Å². The maximum absolute atomic E-state index is 12.1. The Morgan fingerprint density at radius 2 is 2.25 bits per heavy atom. The van der Waals surface area contributed by atoms with Crippen molar-refractivity contribution in [3.63, 3.8) is 0 Å². The first-order chi connectivity index (χ1) is 5.66. The zero-order chi connectivity index (χ0) is 9.14. The maximum atomic E-state index is 12.1. The molecule has 0 unspecified atom stereocenters. The number of hydrogen-bond donors (Lipinski definition) is 2. The van der Waals surface area contributed by atoms with Crippen molar-refractivity contribution in [2.24, 2.45) is 0 Å². The molecule has 0 aromatic carbocycles. The van der Waals surface area contributed by atoms with Crippen LogP contribution in [0.15, 0.2) is 17.1 Å². The third kappa shape index (κ3) is 1.50. The number of H-pyrrole nitrogens is 1. The second-order valence-corrected chi connectivity index (χ2v) is 2.20. The van der Waals surface area contributed by atoms with E-state index in [2.05, 4.69) is 4.98 Å². The average molecular weight is 175 g/mol. The number of halogens is 2. The molecule has 0 amide bonds. The summed E-state index contributed by atoms with van der Waals surface area (Å²) in [7, 11) is 0. The smallest absolute Gasteiger partial charge is 0.269 e. The normalized spacial score (nSPS) is 10.7. The van der Waals surface area contributed by atoms with Gasteiger partial charge in [0.2, 0.25) is 0 Å². The highest BCUT2D eigenvalue weighted by Crippen LogP contribution is 2.18. The molecule has 1 rings (SSSR count). The number of aliphatic hydroxyl groups excluding tert-OH is 1. The monoisotopic (exact) mass is 175 g/mol. The summed E-state index contributed by atoms with van der Waals surface area (Å²) in [4.78, 5) is 12.9. The van der Waals surface area contributed by atoms with Gasteiger partial charge in [-0.15, -0.1) is 0 Å². The second-order valence-electron chi connectivity index (χ2n) is 2.20. The van der Waals surface area contributed by atoms with Crippen LogP contribution in [0.3, 0.4) is 0 Å². The van der Waals surface area contributed by atoms with E-state index in [0.717, 1.165) is 0 Å². The summed E-state index contributed by atoms with van der Waals surface area (Å²) in [6.07, 6.45) is -1.63. The van der Waals surface area contributed by atoms with Gasteiger partial charge >= 0.3 is 0 Å². The van der Waals surface area contributed by atoms with Crippen LogP contribution >= 0.6 is 0 Å². The van der Waals surface area contributed by atoms with Crippen molar-refractivity contribution in [1.29, 1.82) is 0 Å². The van der Waals surface area contributed by atoms with Gasteiger partial charge in [0.25, 0.3) is 12.0 Å². The van der Waals surface area contributed by atoms with E-state index in [-0.39, 0.29) is 5.56 Å². The molecule has 0 saturated carbocycles. The lowest BCUT2D eigenvalue weighted by molar-refractivity contribution is 0.145. The largest absolute Gasteiger partial charge is 0.392 e. The quantitative estimate of drug-likeness (QED) is 0.698. The Hall–Kier alpha value is -1.23. The molecule has 1 aromatic rings. The van der Waals surface area contributed by atoms with Crippen molar-refractivity contribution in [3.05, 3.63) is 33.7 Å². The summed E-state index contributed by atoms with van der Waals surface area (Å²) < 4.78 is 24.3. The average Bonchev–Trinajstić information content (AvgIpc) is 2.03. The molecule has 0 atom stereocenters. The van der Waals surface area contributed by atoms with Crippen LogP contribution in [0, 0.1) is 0 Å². The van der Waals surface area contributed by atoms with Gasteiger partial charge in [-0.25, -0.2) is 8.78 Å². The lowest BCUT2D eigenvalue weighted by Gasteiger charge is -2.02. The van der Waals surface area contributed by atoms with E-state index < -0.39 is 24.2 Å². The molecule has 2 N–H and O–H groups in total. The van der Waals surface area contributed by atoms with Crippen molar-refractivity contribution in [3.8, 4) is 0 Å². The molecule has 1 heterocycles. The fourth-order valence-corrected chi connectivity index (χ4v) is 0.908. The Labute approximate surface area is 66.7 Å². The highest BCUT2D eigenvalue weighted by molar-refractivity contribution is 5.23. The summed E-state index contributed by atoms with van der Waals surface area (Å²) in [6.45, 7) is -0.552. The highest BCUT2D eigenvalue weighted by atomic mass is 19.3. The summed E-state index contributed by atoms with van der Waals surface area (Å²) in [5.41, 5.74) is -1.54. The van der Waals surface area contributed by atoms with Crippen LogP contribution in [-0.2, 0) is 6.61 Å². The second kappa shape index (κ2) is 3.44. The molecule has 0 saturated heterocycles. The lowest BCUT2D eigenvalue weighted by Crippen LogP contribution is -2.15. The van der Waals surface area contributed by atoms with Gasteiger partial charge in [-0.2, -0.15) is 0 Å². The predicted molar refractivity (Wildman–Crippen MR) is 37.9 cm³/mol. The van der Waals surface area contributed by atoms with Crippen LogP contribution in [0.5, 0.6) is 0 Å². The van der Waals surface area contributed by atoms with E-state index in [9.17, 15) is 13.6 Å². The number of alkyl halides is 2. The molecule has 1 aromatic heterocycles. The topological polar surface area (TPSA) is 53.1 Å². The molecule has 0 aliphatic carbocycles. The molecule has 3 nitrogen and oxygen atoms in total. The van der Waals surface area contributed by atoms with Crippen molar-refractivity contribution < 1.29 is 13.9 Å². The molecule has 0 spiro atoms. The van der Waals surface area contributed by atoms with Crippen LogP contribution < -0.4 is 5.56 Å². The van der Waals surface area contributed by atoms with Crippen molar-refractivity contribution in [1.82, 2.24) is 4.98 Å². The molecule has 12 heavy (non-hydrogen) atoms. The summed E-state index contributed by atoms with van der Waals surface area (Å²) >= 11 is 0. The Bertz CT molecular complexity index is 321. The van der Waals surface area contributed by atoms with Crippen molar-refractivity contribution in [2.75, 3.05) is 0 Å². The van der Waals surface area contributed by atoms with Crippen molar-refractivity contribution in [2.45, 2.75) is 13.0 Å². The number of hydrogen-bond acceptors (Lipinski definition) is 2. The Morgan fingerprint density at radius 3 is 2.67 bits per heavy atom. The van der Waals surface area contributed by atoms with E-state index in [1.165, 1.54) is 12.3 Å². The SMILES string of the molecule is O=c1[nH]ccc(CO)c1C(F)F. The van der Waals surface area contributed by atoms with E-state index in [1.54, 1.807) is 0 Å². The molecular weight excluding hydrogens is 168 g/mol. The first-order valence-corrected chi connectivity index (χ1v) is 3.26. The van der Waals surface area contributed by atoms with Gasteiger partial charge in [0.15, 0.2) is 0 Å². The van der Waals surface area contributed by atoms with Gasteiger partial charge in [-0.05, 0) is 11.6 Å². The fraction of sp³-hybridized carbons (Fsp3) is 0.286. The fourth-order valence-electron chi connectivity index (χ4n) is 0.908. The van der Waals surface area contributed by atoms with Gasteiger partial charge in [0, 0.05) is 6.20 Å². The van der Waals surface area contributed by atoms with E-state index >= 15 is 0 Å². The molecule has 5 heteroatoms. The molecule has 66 valence electrons. The van der Waals surface area contributed by atoms with Crippen LogP contribution in [0.1, 0.15) is 17.6 Å². The molecule has 0 bridgehead atoms. The summed E-state index contributed by atoms with van der Waals surface area (Å²) in [5, 5.41) is 8.61. The zero-order valence-corrected chi connectivity index (χ0v) is 6.05. The highest BCUT2D eigenvalue weighted by Gasteiger charge is 2.15. The van der Waals surface area contributed by atoms with Crippen LogP contribution in [0.4, 0.5) is 8.78 Å². The third-order valence-electron chi connectivity index (χ3n) is 1.48. The van der Waals surface area contributed by atoms with Crippen molar-refractivity contribution >= 4 is 0 Å². The molecule has 0 radical (unpaired) electrons. The summed E-state index contributed by atoms with van der Waals surface area (Å²) in [6, 6.07) is 1.25. The molecule has 0 fully saturated rings. The zero-order valence-electron chi connectivity index (χ0n) is 6.05. The van der Waals surface area contributed by atoms with Crippen LogP contribution in [0.25, 0.3) is 0 Å². The van der Waals surface area contributed by atoms with Gasteiger partial charge in [-0.1, -0.05) is 0 Å². The number of rotatable bonds is 2. The minimum atomic E-state index is -2.85. The number of nitrogens with one attached hydrogen (secondary N) is 1.